The summed E-state index contributed by atoms with van der Waals surface area (Å²) < 4.78 is 1.24. The van der Waals surface area contributed by atoms with E-state index in [1.807, 2.05) is 25.3 Å². The number of piperidine rings is 1. The van der Waals surface area contributed by atoms with Crippen LogP contribution in [0.4, 0.5) is 0 Å². The van der Waals surface area contributed by atoms with Gasteiger partial charge in [0.2, 0.25) is 5.91 Å². The van der Waals surface area contributed by atoms with E-state index in [1.165, 1.54) is 20.5 Å². The topological polar surface area (TPSA) is 73.8 Å². The lowest BCUT2D eigenvalue weighted by atomic mass is 9.85. The van der Waals surface area contributed by atoms with Gasteiger partial charge in [0.1, 0.15) is 5.70 Å². The second kappa shape index (κ2) is 8.48. The Morgan fingerprint density at radius 2 is 2.16 bits per heavy atom. The maximum Gasteiger partial charge on any atom is 0.246 e. The molecule has 0 saturated carbocycles. The average Bonchev–Trinajstić information content (AvgIpc) is 3.15. The summed E-state index contributed by atoms with van der Waals surface area (Å²) in [5.74, 6) is 0.279. The fourth-order valence-electron chi connectivity index (χ4n) is 4.75. The van der Waals surface area contributed by atoms with Crippen LogP contribution in [-0.4, -0.2) is 42.9 Å². The molecule has 32 heavy (non-hydrogen) atoms. The van der Waals surface area contributed by atoms with Crippen molar-refractivity contribution in [3.63, 3.8) is 0 Å². The summed E-state index contributed by atoms with van der Waals surface area (Å²) in [7, 11) is 1.82. The molecule has 1 aliphatic carbocycles. The Kier molecular flexibility index (Phi) is 5.53. The number of hydrogen-bond donors (Lipinski definition) is 2. The molecule has 5 rings (SSSR count). The third-order valence-corrected chi connectivity index (χ3v) is 7.84. The molecule has 164 valence electrons. The van der Waals surface area contributed by atoms with Crippen LogP contribution in [0.5, 0.6) is 0 Å². The normalized spacial score (nSPS) is 22.6. The molecule has 2 aromatic rings. The number of aryl methyl sites for hydroxylation is 1. The Balaban J connectivity index is 1.31. The summed E-state index contributed by atoms with van der Waals surface area (Å²) in [5.41, 5.74) is 6.57. The summed E-state index contributed by atoms with van der Waals surface area (Å²) in [6, 6.07) is 8.33. The van der Waals surface area contributed by atoms with Crippen LogP contribution < -0.4 is 10.7 Å². The predicted octanol–water partition coefficient (Wildman–Crippen LogP) is 3.30. The number of benzene rings is 1. The number of ketones is 1. The van der Waals surface area contributed by atoms with Gasteiger partial charge in [0.25, 0.3) is 0 Å². The number of allylic oxidation sites excluding steroid dienone is 4. The van der Waals surface area contributed by atoms with E-state index in [9.17, 15) is 9.59 Å². The molecule has 3 aliphatic rings. The number of amides is 1. The highest BCUT2D eigenvalue weighted by Gasteiger charge is 2.42. The van der Waals surface area contributed by atoms with Crippen molar-refractivity contribution in [2.24, 2.45) is 16.9 Å². The smallest absolute Gasteiger partial charge is 0.246 e. The highest BCUT2D eigenvalue weighted by Crippen LogP contribution is 2.38. The van der Waals surface area contributed by atoms with Crippen LogP contribution in [-0.2, 0) is 16.1 Å². The van der Waals surface area contributed by atoms with Gasteiger partial charge in [0, 0.05) is 41.1 Å². The first-order valence-corrected chi connectivity index (χ1v) is 11.7. The number of likely N-dealkylation sites (N-methyl/N-ethyl adjacent to an activating group) is 1. The molecule has 2 aliphatic heterocycles. The molecular formula is C25H26N4O2S. The first-order chi connectivity index (χ1) is 15.5. The van der Waals surface area contributed by atoms with Crippen molar-refractivity contribution in [2.45, 2.75) is 19.9 Å². The predicted molar refractivity (Wildman–Crippen MR) is 128 cm³/mol. The number of Topliss-reactive ketones (excluding diaryl/α,β-unsaturated/α-hetero) is 1. The van der Waals surface area contributed by atoms with E-state index in [1.54, 1.807) is 34.6 Å². The zero-order valence-corrected chi connectivity index (χ0v) is 19.0. The van der Waals surface area contributed by atoms with Crippen molar-refractivity contribution in [1.82, 2.24) is 15.6 Å². The molecule has 0 radical (unpaired) electrons. The summed E-state index contributed by atoms with van der Waals surface area (Å²) in [5, 5.41) is 8.85. The second-order valence-corrected chi connectivity index (χ2v) is 9.73. The van der Waals surface area contributed by atoms with Gasteiger partial charge in [-0.05, 0) is 60.2 Å². The summed E-state index contributed by atoms with van der Waals surface area (Å²) >= 11 is 1.74. The monoisotopic (exact) mass is 446 g/mol. The zero-order valence-electron chi connectivity index (χ0n) is 18.2. The van der Waals surface area contributed by atoms with E-state index in [-0.39, 0.29) is 23.5 Å². The summed E-state index contributed by atoms with van der Waals surface area (Å²) in [6.07, 6.45) is 7.87. The van der Waals surface area contributed by atoms with Gasteiger partial charge in [-0.3, -0.25) is 15.0 Å². The minimum absolute atomic E-state index is 0.0286. The Labute approximate surface area is 191 Å². The summed E-state index contributed by atoms with van der Waals surface area (Å²) in [4.78, 5) is 28.4. The van der Waals surface area contributed by atoms with E-state index in [2.05, 4.69) is 34.9 Å². The maximum absolute atomic E-state index is 12.8. The van der Waals surface area contributed by atoms with E-state index < -0.39 is 0 Å². The first kappa shape index (κ1) is 20.8. The number of carbonyl (C=O) groups is 2. The van der Waals surface area contributed by atoms with Crippen molar-refractivity contribution < 1.29 is 9.59 Å². The van der Waals surface area contributed by atoms with E-state index in [0.29, 0.717) is 12.2 Å². The Hall–Kier alpha value is -3.03. The van der Waals surface area contributed by atoms with Crippen LogP contribution in [0, 0.1) is 18.8 Å². The van der Waals surface area contributed by atoms with Crippen LogP contribution in [0.2, 0.25) is 0 Å². The fraction of sp³-hybridized carbons (Fsp3) is 0.320. The number of fused-ring (bicyclic) bond motifs is 3. The van der Waals surface area contributed by atoms with Crippen molar-refractivity contribution in [3.8, 4) is 0 Å². The minimum atomic E-state index is -0.0673. The highest BCUT2D eigenvalue weighted by atomic mass is 32.1. The third kappa shape index (κ3) is 3.72. The van der Waals surface area contributed by atoms with E-state index >= 15 is 0 Å². The molecule has 1 amide bonds. The highest BCUT2D eigenvalue weighted by molar-refractivity contribution is 7.19. The minimum Gasteiger partial charge on any atom is -0.337 e. The quantitative estimate of drug-likeness (QED) is 0.707. The van der Waals surface area contributed by atoms with Gasteiger partial charge in [-0.1, -0.05) is 18.2 Å². The zero-order chi connectivity index (χ0) is 22.2. The number of nitrogens with one attached hydrogen (secondary N) is 2. The van der Waals surface area contributed by atoms with Gasteiger partial charge in [-0.15, -0.1) is 11.3 Å². The molecule has 1 fully saturated rings. The van der Waals surface area contributed by atoms with Gasteiger partial charge < -0.3 is 10.2 Å². The average molecular weight is 447 g/mol. The van der Waals surface area contributed by atoms with Gasteiger partial charge >= 0.3 is 0 Å². The molecule has 1 aromatic heterocycles. The molecule has 2 atom stereocenters. The number of carbonyl (C=O) groups excluding carboxylic acids is 2. The lowest BCUT2D eigenvalue weighted by Crippen LogP contribution is -2.37. The van der Waals surface area contributed by atoms with Crippen molar-refractivity contribution in [2.75, 3.05) is 20.1 Å². The van der Waals surface area contributed by atoms with Crippen LogP contribution in [0.1, 0.15) is 16.9 Å². The van der Waals surface area contributed by atoms with Gasteiger partial charge in [0.05, 0.1) is 12.8 Å². The summed E-state index contributed by atoms with van der Waals surface area (Å²) in [6.45, 7) is 4.35. The Morgan fingerprint density at radius 1 is 1.31 bits per heavy atom. The van der Waals surface area contributed by atoms with Crippen LogP contribution in [0.15, 0.2) is 64.4 Å². The number of nitrogens with zero attached hydrogens (tertiary/aromatic N) is 2. The van der Waals surface area contributed by atoms with Gasteiger partial charge in [-0.25, -0.2) is 0 Å². The molecule has 2 unspecified atom stereocenters. The molecule has 7 heteroatoms. The largest absolute Gasteiger partial charge is 0.337 e. The molecular weight excluding hydrogens is 420 g/mol. The lowest BCUT2D eigenvalue weighted by molar-refractivity contribution is -0.125. The first-order valence-electron chi connectivity index (χ1n) is 10.9. The number of hydrazone groups is 1. The van der Waals surface area contributed by atoms with Crippen LogP contribution in [0.3, 0.4) is 0 Å². The SMILES string of the molecule is Cc1c(CN(C)C(=O)/C=C/C2=CC3=C(NN=C2)C(=O)C2CCNCC32)sc2ccccc12. The van der Waals surface area contributed by atoms with Crippen LogP contribution in [0.25, 0.3) is 10.1 Å². The molecule has 0 bridgehead atoms. The third-order valence-electron chi connectivity index (χ3n) is 6.58. The van der Waals surface area contributed by atoms with Gasteiger partial charge in [0.15, 0.2) is 5.78 Å². The molecule has 1 saturated heterocycles. The van der Waals surface area contributed by atoms with E-state index in [4.69, 9.17) is 0 Å². The molecule has 3 heterocycles. The van der Waals surface area contributed by atoms with Crippen molar-refractivity contribution in [1.29, 1.82) is 0 Å². The fourth-order valence-corrected chi connectivity index (χ4v) is 6.02. The maximum atomic E-state index is 12.8. The number of thiophene rings is 1. The van der Waals surface area contributed by atoms with E-state index in [0.717, 1.165) is 30.7 Å². The van der Waals surface area contributed by atoms with Gasteiger partial charge in [-0.2, -0.15) is 5.10 Å². The standard InChI is InChI=1S/C25H26N4O2S/c1-15-17-5-3-4-6-21(17)32-22(15)14-29(2)23(30)8-7-16-11-19-20-13-26-10-9-18(20)25(31)24(19)28-27-12-16/h3-8,11-12,18,20,26,28H,9-10,13-14H2,1-2H3/b8-7+. The second-order valence-electron chi connectivity index (χ2n) is 8.59. The molecule has 0 spiro atoms. The Bertz CT molecular complexity index is 1220. The van der Waals surface area contributed by atoms with Crippen molar-refractivity contribution >= 4 is 39.3 Å². The van der Waals surface area contributed by atoms with Crippen molar-refractivity contribution in [3.05, 3.63) is 69.8 Å². The lowest BCUT2D eigenvalue weighted by Gasteiger charge is -2.26. The molecule has 6 nitrogen and oxygen atoms in total. The number of hydrogen-bond acceptors (Lipinski definition) is 6. The molecule has 1 aromatic carbocycles. The number of rotatable bonds is 4. The van der Waals surface area contributed by atoms with Crippen LogP contribution >= 0.6 is 11.3 Å². The Morgan fingerprint density at radius 3 is 3.00 bits per heavy atom. The molecule has 2 N–H and O–H groups in total.